The van der Waals surface area contributed by atoms with Gasteiger partial charge in [-0.25, -0.2) is 4.79 Å². The minimum Gasteiger partial charge on any atom is -0.495 e. The number of amides is 1. The molecular formula is C17H16ClNO4. The van der Waals surface area contributed by atoms with Crippen LogP contribution in [0.4, 0.5) is 4.79 Å². The number of benzene rings is 2. The highest BCUT2D eigenvalue weighted by Crippen LogP contribution is 2.37. The maximum Gasteiger partial charge on any atom is 0.405 e. The summed E-state index contributed by atoms with van der Waals surface area (Å²) in [6, 6.07) is 11.0. The van der Waals surface area contributed by atoms with Crippen LogP contribution < -0.4 is 14.8 Å². The first-order valence-electron chi connectivity index (χ1n) is 7.18. The Bertz CT molecular complexity index is 747. The number of hydrogen-bond acceptors (Lipinski definition) is 3. The number of carboxylic acid groups (broad SMARTS) is 1. The zero-order valence-corrected chi connectivity index (χ0v) is 13.3. The molecule has 0 spiro atoms. The van der Waals surface area contributed by atoms with Crippen LogP contribution in [-0.2, 0) is 0 Å². The van der Waals surface area contributed by atoms with Gasteiger partial charge in [-0.2, -0.15) is 0 Å². The molecule has 5 nitrogen and oxygen atoms in total. The molecule has 23 heavy (non-hydrogen) atoms. The van der Waals surface area contributed by atoms with Crippen LogP contribution in [0.5, 0.6) is 11.5 Å². The molecule has 6 heteroatoms. The highest BCUT2D eigenvalue weighted by molar-refractivity contribution is 6.32. The fraction of sp³-hybridized carbons (Fsp3) is 0.235. The van der Waals surface area contributed by atoms with Crippen LogP contribution in [0.1, 0.15) is 18.0 Å². The van der Waals surface area contributed by atoms with E-state index >= 15 is 0 Å². The number of ether oxygens (including phenoxy) is 2. The molecule has 0 bridgehead atoms. The van der Waals surface area contributed by atoms with Gasteiger partial charge in [-0.15, -0.1) is 0 Å². The standard InChI is InChI=1S/C17H16ClNO4/c1-22-16-9-11(3-5-13(16)18)10-2-4-12-14(19-17(20)21)6-7-23-15(12)8-10/h2-5,8-9,14,19H,6-7H2,1H3,(H,20,21). The Balaban J connectivity index is 1.96. The Morgan fingerprint density at radius 1 is 1.30 bits per heavy atom. The zero-order valence-electron chi connectivity index (χ0n) is 12.5. The summed E-state index contributed by atoms with van der Waals surface area (Å²) in [6.45, 7) is 0.478. The Morgan fingerprint density at radius 2 is 2.04 bits per heavy atom. The van der Waals surface area contributed by atoms with Crippen molar-refractivity contribution >= 4 is 17.7 Å². The summed E-state index contributed by atoms with van der Waals surface area (Å²) in [6.07, 6.45) is -0.415. The highest BCUT2D eigenvalue weighted by Gasteiger charge is 2.23. The smallest absolute Gasteiger partial charge is 0.405 e. The first-order chi connectivity index (χ1) is 11.1. The Hall–Kier alpha value is -2.40. The molecule has 1 aliphatic heterocycles. The van der Waals surface area contributed by atoms with Crippen LogP contribution in [-0.4, -0.2) is 24.9 Å². The Kier molecular flexibility index (Phi) is 4.30. The zero-order chi connectivity index (χ0) is 16.4. The average molecular weight is 334 g/mol. The van der Waals surface area contributed by atoms with Crippen molar-refractivity contribution in [1.29, 1.82) is 0 Å². The number of nitrogens with one attached hydrogen (secondary N) is 1. The van der Waals surface area contributed by atoms with Gasteiger partial charge in [0.05, 0.1) is 24.8 Å². The molecule has 120 valence electrons. The van der Waals surface area contributed by atoms with E-state index in [1.165, 1.54) is 0 Å². The molecule has 1 unspecified atom stereocenters. The second kappa shape index (κ2) is 6.38. The monoisotopic (exact) mass is 333 g/mol. The summed E-state index contributed by atoms with van der Waals surface area (Å²) in [4.78, 5) is 10.9. The van der Waals surface area contributed by atoms with Gasteiger partial charge in [-0.1, -0.05) is 29.8 Å². The third-order valence-electron chi connectivity index (χ3n) is 3.84. The molecule has 0 aliphatic carbocycles. The molecule has 1 aliphatic rings. The van der Waals surface area contributed by atoms with E-state index in [1.807, 2.05) is 30.3 Å². The van der Waals surface area contributed by atoms with Gasteiger partial charge < -0.3 is 19.9 Å². The van der Waals surface area contributed by atoms with E-state index in [1.54, 1.807) is 13.2 Å². The second-order valence-corrected chi connectivity index (χ2v) is 5.65. The molecule has 0 fully saturated rings. The topological polar surface area (TPSA) is 67.8 Å². The fourth-order valence-electron chi connectivity index (χ4n) is 2.71. The quantitative estimate of drug-likeness (QED) is 0.887. The summed E-state index contributed by atoms with van der Waals surface area (Å²) < 4.78 is 10.9. The number of halogens is 1. The molecule has 2 aromatic rings. The molecule has 0 saturated heterocycles. The SMILES string of the molecule is COc1cc(-c2ccc3c(c2)OCCC3NC(=O)O)ccc1Cl. The van der Waals surface area contributed by atoms with Crippen LogP contribution in [0.15, 0.2) is 36.4 Å². The summed E-state index contributed by atoms with van der Waals surface area (Å²) in [5, 5.41) is 12.0. The van der Waals surface area contributed by atoms with Crippen LogP contribution in [0.2, 0.25) is 5.02 Å². The predicted octanol–water partition coefficient (Wildman–Crippen LogP) is 4.11. The minimum atomic E-state index is -1.03. The third kappa shape index (κ3) is 3.19. The lowest BCUT2D eigenvalue weighted by molar-refractivity contribution is 0.182. The number of hydrogen-bond donors (Lipinski definition) is 2. The van der Waals surface area contributed by atoms with Crippen molar-refractivity contribution in [2.45, 2.75) is 12.5 Å². The first-order valence-corrected chi connectivity index (χ1v) is 7.56. The molecule has 2 N–H and O–H groups in total. The molecule has 1 heterocycles. The van der Waals surface area contributed by atoms with Crippen LogP contribution >= 0.6 is 11.6 Å². The summed E-state index contributed by atoms with van der Waals surface area (Å²) in [5.74, 6) is 1.30. The summed E-state index contributed by atoms with van der Waals surface area (Å²) >= 11 is 6.05. The van der Waals surface area contributed by atoms with E-state index in [4.69, 9.17) is 26.2 Å². The van der Waals surface area contributed by atoms with E-state index in [-0.39, 0.29) is 6.04 Å². The van der Waals surface area contributed by atoms with Gasteiger partial charge in [0.1, 0.15) is 11.5 Å². The van der Waals surface area contributed by atoms with E-state index < -0.39 is 6.09 Å². The van der Waals surface area contributed by atoms with Crippen LogP contribution in [0.3, 0.4) is 0 Å². The molecule has 1 atom stereocenters. The van der Waals surface area contributed by atoms with E-state index in [0.717, 1.165) is 16.7 Å². The number of carbonyl (C=O) groups is 1. The van der Waals surface area contributed by atoms with E-state index in [0.29, 0.717) is 29.5 Å². The fourth-order valence-corrected chi connectivity index (χ4v) is 2.90. The van der Waals surface area contributed by atoms with Gasteiger partial charge in [-0.3, -0.25) is 0 Å². The summed E-state index contributed by atoms with van der Waals surface area (Å²) in [5.41, 5.74) is 2.75. The maximum absolute atomic E-state index is 10.9. The predicted molar refractivity (Wildman–Crippen MR) is 87.5 cm³/mol. The van der Waals surface area contributed by atoms with Crippen molar-refractivity contribution in [2.24, 2.45) is 0 Å². The minimum absolute atomic E-state index is 0.245. The van der Waals surface area contributed by atoms with Gasteiger partial charge in [0.2, 0.25) is 0 Å². The normalized spacial score (nSPS) is 16.2. The molecule has 0 radical (unpaired) electrons. The highest BCUT2D eigenvalue weighted by atomic mass is 35.5. The van der Waals surface area contributed by atoms with Crippen molar-refractivity contribution in [2.75, 3.05) is 13.7 Å². The number of rotatable bonds is 3. The second-order valence-electron chi connectivity index (χ2n) is 5.24. The molecule has 3 rings (SSSR count). The number of fused-ring (bicyclic) bond motifs is 1. The first kappa shape index (κ1) is 15.5. The van der Waals surface area contributed by atoms with E-state index in [9.17, 15) is 4.79 Å². The molecule has 1 amide bonds. The van der Waals surface area contributed by atoms with Gasteiger partial charge in [0.25, 0.3) is 0 Å². The van der Waals surface area contributed by atoms with Crippen LogP contribution in [0, 0.1) is 0 Å². The number of methoxy groups -OCH3 is 1. The molecule has 0 saturated carbocycles. The van der Waals surface area contributed by atoms with Crippen LogP contribution in [0.25, 0.3) is 11.1 Å². The van der Waals surface area contributed by atoms with E-state index in [2.05, 4.69) is 5.32 Å². The maximum atomic E-state index is 10.9. The van der Waals surface area contributed by atoms with Gasteiger partial charge >= 0.3 is 6.09 Å². The molecule has 0 aromatic heterocycles. The van der Waals surface area contributed by atoms with Crippen molar-refractivity contribution < 1.29 is 19.4 Å². The largest absolute Gasteiger partial charge is 0.495 e. The van der Waals surface area contributed by atoms with Crippen molar-refractivity contribution in [1.82, 2.24) is 5.32 Å². The Labute approximate surface area is 138 Å². The summed E-state index contributed by atoms with van der Waals surface area (Å²) in [7, 11) is 1.57. The lowest BCUT2D eigenvalue weighted by Gasteiger charge is -2.26. The third-order valence-corrected chi connectivity index (χ3v) is 4.15. The van der Waals surface area contributed by atoms with Gasteiger partial charge in [-0.05, 0) is 29.3 Å². The molecular weight excluding hydrogens is 318 g/mol. The average Bonchev–Trinajstić information content (AvgIpc) is 2.54. The van der Waals surface area contributed by atoms with Crippen molar-refractivity contribution in [3.05, 3.63) is 47.0 Å². The van der Waals surface area contributed by atoms with Gasteiger partial charge in [0.15, 0.2) is 0 Å². The van der Waals surface area contributed by atoms with Crippen molar-refractivity contribution in [3.8, 4) is 22.6 Å². The Morgan fingerprint density at radius 3 is 2.78 bits per heavy atom. The van der Waals surface area contributed by atoms with Gasteiger partial charge in [0, 0.05) is 12.0 Å². The molecule has 2 aromatic carbocycles. The lowest BCUT2D eigenvalue weighted by atomic mass is 9.96. The van der Waals surface area contributed by atoms with Crippen molar-refractivity contribution in [3.63, 3.8) is 0 Å². The lowest BCUT2D eigenvalue weighted by Crippen LogP contribution is -2.30.